The summed E-state index contributed by atoms with van der Waals surface area (Å²) in [5.41, 5.74) is 0. The lowest BCUT2D eigenvalue weighted by Crippen LogP contribution is -2.17. The molecule has 1 N–H and O–H groups in total. The summed E-state index contributed by atoms with van der Waals surface area (Å²) in [5, 5.41) is 3.75. The number of rotatable bonds is 40. The zero-order valence-electron chi connectivity index (χ0n) is 33.4. The maximum Gasteiger partial charge on any atom is -0.00488 e. The smallest absolute Gasteiger partial charge is 0.00488 e. The lowest BCUT2D eigenvalue weighted by Gasteiger charge is -2.17. The Morgan fingerprint density at radius 1 is 0.312 bits per heavy atom. The van der Waals surface area contributed by atoms with Crippen LogP contribution in [0.2, 0.25) is 0 Å². The van der Waals surface area contributed by atoms with E-state index >= 15 is 0 Å². The van der Waals surface area contributed by atoms with Gasteiger partial charge in [0.05, 0.1) is 0 Å². The van der Waals surface area contributed by atoms with Crippen LogP contribution in [0.15, 0.2) is 48.6 Å². The summed E-state index contributed by atoms with van der Waals surface area (Å²) in [6, 6.07) is 0. The van der Waals surface area contributed by atoms with Gasteiger partial charge >= 0.3 is 0 Å². The van der Waals surface area contributed by atoms with Gasteiger partial charge in [-0.1, -0.05) is 198 Å². The number of unbranched alkanes of at least 4 members (excludes halogenated alkanes) is 22. The first-order valence-electron chi connectivity index (χ1n) is 22.2. The first-order chi connectivity index (χ1) is 23.8. The van der Waals surface area contributed by atoms with Crippen molar-refractivity contribution in [2.24, 2.45) is 5.92 Å². The Balaban J connectivity index is 3.99. The first-order valence-corrected chi connectivity index (χ1v) is 22.2. The van der Waals surface area contributed by atoms with Gasteiger partial charge < -0.3 is 5.32 Å². The fraction of sp³-hybridized carbons (Fsp3) is 0.830. The van der Waals surface area contributed by atoms with Crippen molar-refractivity contribution in [3.63, 3.8) is 0 Å². The van der Waals surface area contributed by atoms with Crippen molar-refractivity contribution in [2.45, 2.75) is 233 Å². The molecule has 48 heavy (non-hydrogen) atoms. The molecule has 0 aliphatic rings. The third-order valence-corrected chi connectivity index (χ3v) is 10.0. The van der Waals surface area contributed by atoms with Crippen molar-refractivity contribution in [1.29, 1.82) is 0 Å². The molecular weight excluding hydrogens is 579 g/mol. The van der Waals surface area contributed by atoms with Crippen LogP contribution in [0.3, 0.4) is 0 Å². The molecule has 0 rings (SSSR count). The molecule has 0 amide bonds. The molecule has 0 heterocycles. The minimum Gasteiger partial charge on any atom is -0.317 e. The third kappa shape index (κ3) is 41.1. The second-order valence-electron chi connectivity index (χ2n) is 14.9. The van der Waals surface area contributed by atoms with Crippen LogP contribution in [-0.2, 0) is 0 Å². The van der Waals surface area contributed by atoms with Crippen LogP contribution in [0.4, 0.5) is 0 Å². The van der Waals surface area contributed by atoms with E-state index in [4.69, 9.17) is 0 Å². The van der Waals surface area contributed by atoms with Gasteiger partial charge in [-0.05, 0) is 102 Å². The average molecular weight is 668 g/mol. The van der Waals surface area contributed by atoms with Gasteiger partial charge in [-0.2, -0.15) is 0 Å². The van der Waals surface area contributed by atoms with Crippen molar-refractivity contribution in [1.82, 2.24) is 5.32 Å². The molecule has 0 aliphatic carbocycles. The van der Waals surface area contributed by atoms with Crippen LogP contribution in [0, 0.1) is 5.92 Å². The van der Waals surface area contributed by atoms with Crippen molar-refractivity contribution in [3.8, 4) is 0 Å². The Labute approximate surface area is 304 Å². The fourth-order valence-corrected chi connectivity index (χ4v) is 6.77. The normalized spacial score (nSPS) is 12.4. The Morgan fingerprint density at radius 2 is 0.625 bits per heavy atom. The van der Waals surface area contributed by atoms with E-state index in [2.05, 4.69) is 74.7 Å². The van der Waals surface area contributed by atoms with Crippen LogP contribution in [0.25, 0.3) is 0 Å². The predicted molar refractivity (Wildman–Crippen MR) is 222 cm³/mol. The number of hydrogen-bond donors (Lipinski definition) is 1. The highest BCUT2D eigenvalue weighted by molar-refractivity contribution is 4.93. The molecule has 0 radical (unpaired) electrons. The summed E-state index contributed by atoms with van der Waals surface area (Å²) in [5.74, 6) is 0.966. The minimum absolute atomic E-state index is 0.966. The predicted octanol–water partition coefficient (Wildman–Crippen LogP) is 16.3. The van der Waals surface area contributed by atoms with E-state index in [9.17, 15) is 0 Å². The molecule has 0 saturated carbocycles. The van der Waals surface area contributed by atoms with E-state index < -0.39 is 0 Å². The van der Waals surface area contributed by atoms with Crippen LogP contribution in [0.5, 0.6) is 0 Å². The fourth-order valence-electron chi connectivity index (χ4n) is 6.77. The molecule has 0 saturated heterocycles. The number of hydrogen-bond acceptors (Lipinski definition) is 1. The van der Waals surface area contributed by atoms with Crippen molar-refractivity contribution < 1.29 is 0 Å². The largest absolute Gasteiger partial charge is 0.317 e. The van der Waals surface area contributed by atoms with E-state index in [-0.39, 0.29) is 0 Å². The van der Waals surface area contributed by atoms with Crippen molar-refractivity contribution in [2.75, 3.05) is 13.1 Å². The van der Waals surface area contributed by atoms with Gasteiger partial charge in [0.2, 0.25) is 0 Å². The molecule has 0 aromatic carbocycles. The minimum atomic E-state index is 0.966. The Bertz CT molecular complexity index is 637. The van der Waals surface area contributed by atoms with Crippen molar-refractivity contribution >= 4 is 0 Å². The topological polar surface area (TPSA) is 12.0 Å². The Kier molecular flexibility index (Phi) is 43.0. The highest BCUT2D eigenvalue weighted by atomic mass is 14.8. The molecule has 0 aliphatic heterocycles. The highest BCUT2D eigenvalue weighted by Crippen LogP contribution is 2.23. The summed E-state index contributed by atoms with van der Waals surface area (Å²) in [6.45, 7) is 9.33. The highest BCUT2D eigenvalue weighted by Gasteiger charge is 2.09. The van der Waals surface area contributed by atoms with Gasteiger partial charge in [0.25, 0.3) is 0 Å². The average Bonchev–Trinajstić information content (AvgIpc) is 3.10. The molecule has 282 valence electrons. The SMILES string of the molecule is CCCCC/C=C\C/C=C\CCCCCCCCC(CCCCCCCC/C=C\C/C=C\CCCCC)CCCNCCCCCCC. The van der Waals surface area contributed by atoms with E-state index in [1.807, 2.05) is 0 Å². The van der Waals surface area contributed by atoms with E-state index in [1.54, 1.807) is 0 Å². The molecule has 0 aromatic rings. The summed E-state index contributed by atoms with van der Waals surface area (Å²) in [6.07, 6.45) is 64.3. The maximum atomic E-state index is 3.75. The summed E-state index contributed by atoms with van der Waals surface area (Å²) < 4.78 is 0. The Hall–Kier alpha value is -1.08. The summed E-state index contributed by atoms with van der Waals surface area (Å²) >= 11 is 0. The van der Waals surface area contributed by atoms with Gasteiger partial charge in [-0.15, -0.1) is 0 Å². The van der Waals surface area contributed by atoms with Crippen molar-refractivity contribution in [3.05, 3.63) is 48.6 Å². The number of nitrogens with one attached hydrogen (secondary N) is 1. The van der Waals surface area contributed by atoms with Gasteiger partial charge in [0, 0.05) is 0 Å². The molecule has 0 spiro atoms. The zero-order valence-corrected chi connectivity index (χ0v) is 33.4. The number of allylic oxidation sites excluding steroid dienone is 8. The second-order valence-corrected chi connectivity index (χ2v) is 14.9. The monoisotopic (exact) mass is 668 g/mol. The van der Waals surface area contributed by atoms with Crippen LogP contribution < -0.4 is 5.32 Å². The Morgan fingerprint density at radius 3 is 1.08 bits per heavy atom. The quantitative estimate of drug-likeness (QED) is 0.0506. The molecule has 1 nitrogen and oxygen atoms in total. The summed E-state index contributed by atoms with van der Waals surface area (Å²) in [4.78, 5) is 0. The molecule has 0 unspecified atom stereocenters. The third-order valence-electron chi connectivity index (χ3n) is 10.0. The van der Waals surface area contributed by atoms with E-state index in [1.165, 1.54) is 212 Å². The second kappa shape index (κ2) is 43.9. The van der Waals surface area contributed by atoms with Gasteiger partial charge in [0.15, 0.2) is 0 Å². The first kappa shape index (κ1) is 46.9. The van der Waals surface area contributed by atoms with E-state index in [0.29, 0.717) is 0 Å². The molecule has 0 atom stereocenters. The standard InChI is InChI=1S/C47H89N/c1-4-7-10-13-15-17-19-21-23-25-27-29-31-33-35-38-42-47(44-41-46-48-45-40-37-12-9-6-3)43-39-36-34-32-30-28-26-24-22-20-18-16-14-11-8-5-2/h15-18,21-24,47-48H,4-14,19-20,25-46H2,1-3H3/b17-15-,18-16-,23-21-,24-22-. The summed E-state index contributed by atoms with van der Waals surface area (Å²) in [7, 11) is 0. The van der Waals surface area contributed by atoms with Crippen LogP contribution in [0.1, 0.15) is 233 Å². The van der Waals surface area contributed by atoms with Gasteiger partial charge in [-0.25, -0.2) is 0 Å². The molecule has 1 heteroatoms. The molecule has 0 fully saturated rings. The van der Waals surface area contributed by atoms with Gasteiger partial charge in [-0.3, -0.25) is 0 Å². The molecular formula is C47H89N. The molecule has 0 aromatic heterocycles. The van der Waals surface area contributed by atoms with Crippen LogP contribution >= 0.6 is 0 Å². The van der Waals surface area contributed by atoms with E-state index in [0.717, 1.165) is 18.8 Å². The van der Waals surface area contributed by atoms with Gasteiger partial charge in [0.1, 0.15) is 0 Å². The molecule has 0 bridgehead atoms. The lowest BCUT2D eigenvalue weighted by molar-refractivity contribution is 0.368. The van der Waals surface area contributed by atoms with Crippen LogP contribution in [-0.4, -0.2) is 13.1 Å². The lowest BCUT2D eigenvalue weighted by atomic mass is 9.90. The maximum absolute atomic E-state index is 3.75. The zero-order chi connectivity index (χ0) is 34.7.